The van der Waals surface area contributed by atoms with Gasteiger partial charge in [-0.05, 0) is 47.9 Å². The Labute approximate surface area is 169 Å². The molecule has 6 nitrogen and oxygen atoms in total. The minimum Gasteiger partial charge on any atom is -0.497 e. The summed E-state index contributed by atoms with van der Waals surface area (Å²) in [5.74, 6) is -0.689. The molecule has 0 fully saturated rings. The topological polar surface area (TPSA) is 83.6 Å². The number of carboxylic acid groups (broad SMARTS) is 1. The number of aliphatic carboxylic acids is 1. The number of hydrogen-bond acceptors (Lipinski definition) is 4. The lowest BCUT2D eigenvalue weighted by Crippen LogP contribution is -2.38. The number of ether oxygens (including phenoxy) is 2. The number of methoxy groups -OCH3 is 1. The van der Waals surface area contributed by atoms with Crippen LogP contribution < -0.4 is 14.8 Å². The van der Waals surface area contributed by atoms with Gasteiger partial charge in [-0.1, -0.05) is 12.1 Å². The number of carboxylic acids is 1. The molecule has 30 heavy (non-hydrogen) atoms. The summed E-state index contributed by atoms with van der Waals surface area (Å²) in [6, 6.07) is 10.3. The Kier molecular flexibility index (Phi) is 5.07. The molecule has 2 aromatic carbocycles. The van der Waals surface area contributed by atoms with Crippen molar-refractivity contribution in [1.82, 2.24) is 10.3 Å². The van der Waals surface area contributed by atoms with Gasteiger partial charge in [0.2, 0.25) is 0 Å². The summed E-state index contributed by atoms with van der Waals surface area (Å²) in [5.41, 5.74) is 3.08. The summed E-state index contributed by atoms with van der Waals surface area (Å²) in [4.78, 5) is 14.9. The maximum atomic E-state index is 12.4. The molecule has 0 spiro atoms. The van der Waals surface area contributed by atoms with Gasteiger partial charge in [-0.2, -0.15) is 0 Å². The van der Waals surface area contributed by atoms with Crippen LogP contribution in [0.5, 0.6) is 11.5 Å². The van der Waals surface area contributed by atoms with E-state index < -0.39 is 18.4 Å². The zero-order valence-corrected chi connectivity index (χ0v) is 15.9. The third-order valence-electron chi connectivity index (χ3n) is 5.23. The van der Waals surface area contributed by atoms with Gasteiger partial charge in [0.15, 0.2) is 0 Å². The van der Waals surface area contributed by atoms with Crippen LogP contribution in [0.25, 0.3) is 10.9 Å². The fraction of sp³-hybridized carbons (Fsp3) is 0.286. The van der Waals surface area contributed by atoms with Crippen LogP contribution in [0.3, 0.4) is 0 Å². The molecular formula is C21H19F3N2O4. The quantitative estimate of drug-likeness (QED) is 0.578. The monoisotopic (exact) mass is 420 g/mol. The number of carbonyl (C=O) groups is 1. The van der Waals surface area contributed by atoms with E-state index in [1.807, 2.05) is 12.1 Å². The largest absolute Gasteiger partial charge is 0.573 e. The molecular weight excluding hydrogens is 401 g/mol. The highest BCUT2D eigenvalue weighted by atomic mass is 19.4. The van der Waals surface area contributed by atoms with Crippen LogP contribution >= 0.6 is 0 Å². The van der Waals surface area contributed by atoms with Gasteiger partial charge in [-0.15, -0.1) is 13.2 Å². The SMILES string of the molecule is COc1ccc2[nH]c3c(c2c1)C(Cc1ccc(OC(F)(F)F)cc1)CNC3C(=O)O. The molecule has 2 atom stereocenters. The van der Waals surface area contributed by atoms with E-state index in [9.17, 15) is 23.1 Å². The van der Waals surface area contributed by atoms with Crippen molar-refractivity contribution in [2.75, 3.05) is 13.7 Å². The minimum atomic E-state index is -4.74. The highest BCUT2D eigenvalue weighted by Crippen LogP contribution is 2.39. The molecule has 3 N–H and O–H groups in total. The van der Waals surface area contributed by atoms with Crippen LogP contribution in [0.2, 0.25) is 0 Å². The lowest BCUT2D eigenvalue weighted by Gasteiger charge is -2.28. The van der Waals surface area contributed by atoms with Crippen LogP contribution in [0, 0.1) is 0 Å². The van der Waals surface area contributed by atoms with Crippen molar-refractivity contribution in [2.45, 2.75) is 24.7 Å². The lowest BCUT2D eigenvalue weighted by atomic mass is 9.85. The molecule has 0 radical (unpaired) electrons. The van der Waals surface area contributed by atoms with Crippen LogP contribution in [0.15, 0.2) is 42.5 Å². The number of halogens is 3. The zero-order valence-electron chi connectivity index (χ0n) is 15.9. The molecule has 0 bridgehead atoms. The average Bonchev–Trinajstić information content (AvgIpc) is 3.07. The van der Waals surface area contributed by atoms with E-state index in [-0.39, 0.29) is 11.7 Å². The molecule has 2 heterocycles. The fourth-order valence-corrected chi connectivity index (χ4v) is 3.97. The molecule has 4 rings (SSSR count). The average molecular weight is 420 g/mol. The van der Waals surface area contributed by atoms with Crippen molar-refractivity contribution in [3.63, 3.8) is 0 Å². The molecule has 1 aliphatic rings. The second-order valence-electron chi connectivity index (χ2n) is 7.14. The molecule has 0 aliphatic carbocycles. The van der Waals surface area contributed by atoms with Crippen LogP contribution in [-0.2, 0) is 11.2 Å². The van der Waals surface area contributed by atoms with E-state index in [1.54, 1.807) is 25.3 Å². The van der Waals surface area contributed by atoms with Gasteiger partial charge >= 0.3 is 12.3 Å². The molecule has 9 heteroatoms. The molecule has 1 aromatic heterocycles. The predicted octanol–water partition coefficient (Wildman–Crippen LogP) is 4.13. The maximum Gasteiger partial charge on any atom is 0.573 e. The predicted molar refractivity (Wildman–Crippen MR) is 103 cm³/mol. The fourth-order valence-electron chi connectivity index (χ4n) is 3.97. The number of aromatic nitrogens is 1. The van der Waals surface area contributed by atoms with Crippen molar-refractivity contribution < 1.29 is 32.5 Å². The molecule has 1 aliphatic heterocycles. The van der Waals surface area contributed by atoms with Crippen molar-refractivity contribution in [1.29, 1.82) is 0 Å². The first-order valence-electron chi connectivity index (χ1n) is 9.25. The summed E-state index contributed by atoms with van der Waals surface area (Å²) < 4.78 is 46.3. The van der Waals surface area contributed by atoms with Gasteiger partial charge < -0.3 is 19.6 Å². The number of fused-ring (bicyclic) bond motifs is 3. The maximum absolute atomic E-state index is 12.4. The van der Waals surface area contributed by atoms with E-state index in [0.29, 0.717) is 24.4 Å². The first-order valence-corrected chi connectivity index (χ1v) is 9.25. The highest BCUT2D eigenvalue weighted by Gasteiger charge is 2.35. The van der Waals surface area contributed by atoms with Gasteiger partial charge in [0.05, 0.1) is 7.11 Å². The van der Waals surface area contributed by atoms with Gasteiger partial charge in [-0.3, -0.25) is 10.1 Å². The molecule has 158 valence electrons. The zero-order chi connectivity index (χ0) is 21.5. The summed E-state index contributed by atoms with van der Waals surface area (Å²) in [5, 5.41) is 13.5. The summed E-state index contributed by atoms with van der Waals surface area (Å²) in [7, 11) is 1.56. The van der Waals surface area contributed by atoms with Crippen molar-refractivity contribution in [3.05, 3.63) is 59.3 Å². The normalized spacial score (nSPS) is 18.8. The van der Waals surface area contributed by atoms with Crippen LogP contribution in [0.1, 0.15) is 28.8 Å². The summed E-state index contributed by atoms with van der Waals surface area (Å²) in [6.45, 7) is 0.412. The number of aromatic amines is 1. The van der Waals surface area contributed by atoms with Crippen LogP contribution in [0.4, 0.5) is 13.2 Å². The molecule has 0 saturated carbocycles. The molecule has 0 saturated heterocycles. The van der Waals surface area contributed by atoms with Crippen molar-refractivity contribution >= 4 is 16.9 Å². The number of rotatable bonds is 5. The Balaban J connectivity index is 1.68. The Morgan fingerprint density at radius 2 is 1.87 bits per heavy atom. The first kappa shape index (κ1) is 20.1. The summed E-state index contributed by atoms with van der Waals surface area (Å²) >= 11 is 0. The minimum absolute atomic E-state index is 0.0779. The van der Waals surface area contributed by atoms with E-state index >= 15 is 0 Å². The third kappa shape index (κ3) is 3.93. The summed E-state index contributed by atoms with van der Waals surface area (Å²) in [6.07, 6.45) is -4.22. The lowest BCUT2D eigenvalue weighted by molar-refractivity contribution is -0.274. The van der Waals surface area contributed by atoms with Gasteiger partial charge in [-0.25, -0.2) is 0 Å². The van der Waals surface area contributed by atoms with E-state index in [0.717, 1.165) is 22.0 Å². The van der Waals surface area contributed by atoms with E-state index in [4.69, 9.17) is 4.74 Å². The number of alkyl halides is 3. The molecule has 2 unspecified atom stereocenters. The second-order valence-corrected chi connectivity index (χ2v) is 7.14. The smallest absolute Gasteiger partial charge is 0.497 e. The highest BCUT2D eigenvalue weighted by molar-refractivity contribution is 5.89. The van der Waals surface area contributed by atoms with E-state index in [2.05, 4.69) is 15.0 Å². The van der Waals surface area contributed by atoms with Crippen molar-refractivity contribution in [2.24, 2.45) is 0 Å². The molecule has 0 amide bonds. The van der Waals surface area contributed by atoms with Crippen LogP contribution in [-0.4, -0.2) is 36.1 Å². The Morgan fingerprint density at radius 3 is 2.50 bits per heavy atom. The third-order valence-corrected chi connectivity index (χ3v) is 5.23. The first-order chi connectivity index (χ1) is 14.2. The van der Waals surface area contributed by atoms with E-state index in [1.165, 1.54) is 12.1 Å². The number of hydrogen-bond donors (Lipinski definition) is 3. The van der Waals surface area contributed by atoms with Gasteiger partial charge in [0, 0.05) is 29.1 Å². The number of benzene rings is 2. The Morgan fingerprint density at radius 1 is 1.17 bits per heavy atom. The Bertz CT molecular complexity index is 1080. The Hall–Kier alpha value is -3.20. The van der Waals surface area contributed by atoms with Crippen molar-refractivity contribution in [3.8, 4) is 11.5 Å². The second kappa shape index (κ2) is 7.56. The number of H-pyrrole nitrogens is 1. The molecule has 3 aromatic rings. The van der Waals surface area contributed by atoms with Gasteiger partial charge in [0.1, 0.15) is 17.5 Å². The number of nitrogens with one attached hydrogen (secondary N) is 2. The standard InChI is InChI=1S/C21H19F3N2O4/c1-29-14-6-7-16-15(9-14)17-12(10-25-19(20(27)28)18(17)26-16)8-11-2-4-13(5-3-11)30-21(22,23)24/h2-7,9,12,19,25-26H,8,10H2,1H3,(H,27,28). The van der Waals surface area contributed by atoms with Gasteiger partial charge in [0.25, 0.3) is 0 Å².